The van der Waals surface area contributed by atoms with E-state index >= 15 is 4.39 Å². The molecule has 196 valence electrons. The third-order valence-electron chi connectivity index (χ3n) is 8.37. The molecule has 6 rings (SSSR count). The lowest BCUT2D eigenvalue weighted by molar-refractivity contribution is -0.152. The number of ether oxygens (including phenoxy) is 2. The van der Waals surface area contributed by atoms with Crippen LogP contribution in [0.15, 0.2) is 48.5 Å². The minimum absolute atomic E-state index is 0.0560. The molecule has 4 heterocycles. The van der Waals surface area contributed by atoms with Crippen molar-refractivity contribution < 1.29 is 18.7 Å². The minimum Gasteiger partial charge on any atom is -0.468 e. The molecule has 2 saturated heterocycles. The lowest BCUT2D eigenvalue weighted by Gasteiger charge is -2.50. The molecule has 0 saturated carbocycles. The Labute approximate surface area is 216 Å². The van der Waals surface area contributed by atoms with E-state index < -0.39 is 6.04 Å². The maximum absolute atomic E-state index is 15.2. The average Bonchev–Trinajstić information content (AvgIpc) is 3.32. The van der Waals surface area contributed by atoms with Crippen molar-refractivity contribution in [3.63, 3.8) is 0 Å². The van der Waals surface area contributed by atoms with Gasteiger partial charge in [0.1, 0.15) is 11.9 Å². The normalized spacial score (nSPS) is 26.5. The van der Waals surface area contributed by atoms with E-state index in [0.29, 0.717) is 12.0 Å². The quantitative estimate of drug-likeness (QED) is 0.499. The molecule has 0 aliphatic carbocycles. The van der Waals surface area contributed by atoms with E-state index in [4.69, 9.17) is 9.47 Å². The van der Waals surface area contributed by atoms with Crippen LogP contribution in [0.1, 0.15) is 41.7 Å². The molecular weight excluding hydrogens is 471 g/mol. The molecule has 0 radical (unpaired) electrons. The number of methoxy groups -OCH3 is 1. The van der Waals surface area contributed by atoms with E-state index in [9.17, 15) is 4.79 Å². The van der Waals surface area contributed by atoms with Crippen LogP contribution in [-0.4, -0.2) is 79.3 Å². The fraction of sp³-hybridized carbons (Fsp3) is 0.483. The van der Waals surface area contributed by atoms with Gasteiger partial charge in [-0.2, -0.15) is 0 Å². The third-order valence-corrected chi connectivity index (χ3v) is 8.37. The second kappa shape index (κ2) is 10.5. The number of rotatable bonds is 6. The van der Waals surface area contributed by atoms with Crippen molar-refractivity contribution in [3.8, 4) is 0 Å². The molecule has 4 unspecified atom stereocenters. The smallest absolute Gasteiger partial charge is 0.323 e. The van der Waals surface area contributed by atoms with Crippen LogP contribution < -0.4 is 5.32 Å². The van der Waals surface area contributed by atoms with Gasteiger partial charge in [-0.05, 0) is 30.5 Å². The first-order valence-corrected chi connectivity index (χ1v) is 13.4. The predicted octanol–water partition coefficient (Wildman–Crippen LogP) is 3.57. The Morgan fingerprint density at radius 3 is 2.68 bits per heavy atom. The predicted molar refractivity (Wildman–Crippen MR) is 140 cm³/mol. The Hall–Kier alpha value is -2.78. The summed E-state index contributed by atoms with van der Waals surface area (Å²) in [6.45, 7) is 5.31. The molecule has 1 aromatic heterocycles. The summed E-state index contributed by atoms with van der Waals surface area (Å²) in [4.78, 5) is 21.5. The number of hydrogen-bond acceptors (Lipinski definition) is 6. The maximum Gasteiger partial charge on any atom is 0.323 e. The molecule has 0 bridgehead atoms. The molecule has 4 atom stereocenters. The highest BCUT2D eigenvalue weighted by Gasteiger charge is 2.48. The van der Waals surface area contributed by atoms with Crippen LogP contribution in [0, 0.1) is 5.82 Å². The zero-order valence-electron chi connectivity index (χ0n) is 21.3. The Kier molecular flexibility index (Phi) is 6.99. The Morgan fingerprint density at radius 2 is 1.86 bits per heavy atom. The number of para-hydroxylation sites is 1. The number of benzene rings is 2. The Morgan fingerprint density at radius 1 is 1.11 bits per heavy atom. The van der Waals surface area contributed by atoms with Gasteiger partial charge in [0.25, 0.3) is 0 Å². The molecule has 8 heteroatoms. The van der Waals surface area contributed by atoms with Gasteiger partial charge >= 0.3 is 5.97 Å². The van der Waals surface area contributed by atoms with Crippen molar-refractivity contribution in [3.05, 3.63) is 71.2 Å². The maximum atomic E-state index is 15.2. The molecule has 3 aliphatic heterocycles. The molecule has 37 heavy (non-hydrogen) atoms. The summed E-state index contributed by atoms with van der Waals surface area (Å²) in [5, 5.41) is 4.93. The zero-order chi connectivity index (χ0) is 25.4. The van der Waals surface area contributed by atoms with Crippen LogP contribution in [0.5, 0.6) is 0 Å². The summed E-state index contributed by atoms with van der Waals surface area (Å²) in [5.41, 5.74) is 4.03. The van der Waals surface area contributed by atoms with Gasteiger partial charge < -0.3 is 19.8 Å². The van der Waals surface area contributed by atoms with Crippen molar-refractivity contribution in [1.82, 2.24) is 20.1 Å². The van der Waals surface area contributed by atoms with Crippen LogP contribution in [0.3, 0.4) is 0 Å². The van der Waals surface area contributed by atoms with Gasteiger partial charge in [-0.3, -0.25) is 14.6 Å². The van der Waals surface area contributed by atoms with E-state index in [1.165, 1.54) is 18.7 Å². The van der Waals surface area contributed by atoms with Gasteiger partial charge in [-0.15, -0.1) is 0 Å². The summed E-state index contributed by atoms with van der Waals surface area (Å²) in [7, 11) is 1.44. The number of fused-ring (bicyclic) bond motifs is 5. The molecule has 3 aliphatic rings. The number of esters is 1. The molecule has 2 fully saturated rings. The molecule has 2 N–H and O–H groups in total. The van der Waals surface area contributed by atoms with Crippen LogP contribution in [-0.2, 0) is 20.7 Å². The zero-order valence-corrected chi connectivity index (χ0v) is 21.3. The van der Waals surface area contributed by atoms with Crippen molar-refractivity contribution in [1.29, 1.82) is 0 Å². The summed E-state index contributed by atoms with van der Waals surface area (Å²) in [6, 6.07) is 14.7. The van der Waals surface area contributed by atoms with E-state index in [1.807, 2.05) is 24.3 Å². The van der Waals surface area contributed by atoms with Crippen LogP contribution >= 0.6 is 0 Å². The summed E-state index contributed by atoms with van der Waals surface area (Å²) < 4.78 is 26.0. The Balaban J connectivity index is 1.36. The highest BCUT2D eigenvalue weighted by molar-refractivity contribution is 5.87. The van der Waals surface area contributed by atoms with Gasteiger partial charge in [0, 0.05) is 66.8 Å². The standard InChI is InChI=1S/C29H35FN4O3/c1-36-29(35)27-18-22-20-6-3-5-9-24(20)32-28(22)26-17-19(31-10-11-33-12-14-37-15-13-33)16-25(34(26)27)21-7-2-4-8-23(21)30/h2-9,19,25-27,31-32H,10-18H2,1H3. The molecule has 0 amide bonds. The number of hydrogen-bond donors (Lipinski definition) is 2. The highest BCUT2D eigenvalue weighted by atomic mass is 19.1. The first kappa shape index (κ1) is 24.6. The number of nitrogens with one attached hydrogen (secondary N) is 2. The molecule has 0 spiro atoms. The molecule has 7 nitrogen and oxygen atoms in total. The summed E-state index contributed by atoms with van der Waals surface area (Å²) in [6.07, 6.45) is 2.10. The number of H-pyrrole nitrogens is 1. The van der Waals surface area contributed by atoms with E-state index in [0.717, 1.165) is 68.8 Å². The lowest BCUT2D eigenvalue weighted by Crippen LogP contribution is -2.56. The number of carbonyl (C=O) groups excluding carboxylic acids is 1. The highest BCUT2D eigenvalue weighted by Crippen LogP contribution is 2.49. The first-order valence-electron chi connectivity index (χ1n) is 13.4. The minimum atomic E-state index is -0.472. The van der Waals surface area contributed by atoms with Crippen molar-refractivity contribution in [2.24, 2.45) is 0 Å². The van der Waals surface area contributed by atoms with Crippen molar-refractivity contribution >= 4 is 16.9 Å². The van der Waals surface area contributed by atoms with Crippen LogP contribution in [0.2, 0.25) is 0 Å². The molecule has 3 aromatic rings. The van der Waals surface area contributed by atoms with Gasteiger partial charge in [-0.1, -0.05) is 36.4 Å². The fourth-order valence-corrected chi connectivity index (χ4v) is 6.61. The number of aromatic amines is 1. The molecular formula is C29H35FN4O3. The van der Waals surface area contributed by atoms with Crippen molar-refractivity contribution in [2.75, 3.05) is 46.5 Å². The van der Waals surface area contributed by atoms with Gasteiger partial charge in [0.2, 0.25) is 0 Å². The van der Waals surface area contributed by atoms with Crippen molar-refractivity contribution in [2.45, 2.75) is 43.4 Å². The number of morpholine rings is 1. The average molecular weight is 507 g/mol. The fourth-order valence-electron chi connectivity index (χ4n) is 6.61. The van der Waals surface area contributed by atoms with Gasteiger partial charge in [0.05, 0.1) is 26.4 Å². The summed E-state index contributed by atoms with van der Waals surface area (Å²) in [5.74, 6) is -0.493. The molecule has 2 aromatic carbocycles. The van der Waals surface area contributed by atoms with Crippen LogP contribution in [0.25, 0.3) is 10.9 Å². The SMILES string of the molecule is COC(=O)C1Cc2c([nH]c3ccccc23)C2CC(NCCN3CCOCC3)CC(c3ccccc3F)N12. The second-order valence-corrected chi connectivity index (χ2v) is 10.4. The number of piperidine rings is 1. The topological polar surface area (TPSA) is 69.8 Å². The number of carbonyl (C=O) groups is 1. The van der Waals surface area contributed by atoms with E-state index in [1.54, 1.807) is 6.07 Å². The van der Waals surface area contributed by atoms with Gasteiger partial charge in [-0.25, -0.2) is 4.39 Å². The first-order chi connectivity index (χ1) is 18.1. The third kappa shape index (κ3) is 4.68. The monoisotopic (exact) mass is 506 g/mol. The van der Waals surface area contributed by atoms with Crippen LogP contribution in [0.4, 0.5) is 4.39 Å². The number of aromatic nitrogens is 1. The Bertz CT molecular complexity index is 1260. The van der Waals surface area contributed by atoms with Gasteiger partial charge in [0.15, 0.2) is 0 Å². The largest absolute Gasteiger partial charge is 0.468 e. The lowest BCUT2D eigenvalue weighted by atomic mass is 9.79. The van der Waals surface area contributed by atoms with E-state index in [-0.39, 0.29) is 29.9 Å². The summed E-state index contributed by atoms with van der Waals surface area (Å²) >= 11 is 0. The number of nitrogens with zero attached hydrogens (tertiary/aromatic N) is 2. The second-order valence-electron chi connectivity index (χ2n) is 10.4. The number of halogens is 1. The van der Waals surface area contributed by atoms with E-state index in [2.05, 4.69) is 32.2 Å².